The van der Waals surface area contributed by atoms with Crippen molar-refractivity contribution in [3.05, 3.63) is 89.4 Å². The molecule has 1 amide bonds. The van der Waals surface area contributed by atoms with Crippen molar-refractivity contribution in [3.63, 3.8) is 0 Å². The van der Waals surface area contributed by atoms with Gasteiger partial charge in [-0.1, -0.05) is 36.4 Å². The summed E-state index contributed by atoms with van der Waals surface area (Å²) in [6.07, 6.45) is 7.94. The molecule has 0 radical (unpaired) electrons. The molecule has 2 atom stereocenters. The van der Waals surface area contributed by atoms with E-state index in [4.69, 9.17) is 4.74 Å². The summed E-state index contributed by atoms with van der Waals surface area (Å²) >= 11 is 0. The smallest absolute Gasteiger partial charge is 0.335 e. The number of likely N-dealkylation sites (tertiary alicyclic amines) is 1. The maximum Gasteiger partial charge on any atom is 0.335 e. The number of hydrogen-bond donors (Lipinski definition) is 5. The van der Waals surface area contributed by atoms with Gasteiger partial charge in [0.2, 0.25) is 17.7 Å². The van der Waals surface area contributed by atoms with Crippen LogP contribution in [-0.2, 0) is 30.8 Å². The zero-order chi connectivity index (χ0) is 30.0. The van der Waals surface area contributed by atoms with Crippen LogP contribution in [0.3, 0.4) is 0 Å². The van der Waals surface area contributed by atoms with E-state index in [0.29, 0.717) is 42.1 Å². The van der Waals surface area contributed by atoms with E-state index in [9.17, 15) is 14.7 Å². The number of amides is 1. The predicted molar refractivity (Wildman–Crippen MR) is 160 cm³/mol. The van der Waals surface area contributed by atoms with Crippen LogP contribution in [0.1, 0.15) is 33.5 Å². The molecular weight excluding hydrogens is 562 g/mol. The highest BCUT2D eigenvalue weighted by Gasteiger charge is 2.34. The van der Waals surface area contributed by atoms with Gasteiger partial charge in [0, 0.05) is 49.3 Å². The molecule has 13 nitrogen and oxygen atoms in total. The zero-order valence-corrected chi connectivity index (χ0v) is 23.9. The predicted octanol–water partition coefficient (Wildman–Crippen LogP) is 1.78. The van der Waals surface area contributed by atoms with E-state index in [0.717, 1.165) is 24.8 Å². The maximum atomic E-state index is 13.2. The van der Waals surface area contributed by atoms with Crippen molar-refractivity contribution in [1.82, 2.24) is 41.0 Å². The van der Waals surface area contributed by atoms with Crippen molar-refractivity contribution >= 4 is 17.8 Å². The molecular formula is C31H33N9O4. The van der Waals surface area contributed by atoms with E-state index in [1.165, 1.54) is 23.3 Å². The van der Waals surface area contributed by atoms with Gasteiger partial charge in [-0.2, -0.15) is 5.53 Å². The molecule has 44 heavy (non-hydrogen) atoms. The number of aromatic carboxylic acids is 1. The molecule has 226 valence electrons. The number of benzene rings is 2. The van der Waals surface area contributed by atoms with Crippen LogP contribution < -0.4 is 26.4 Å². The fraction of sp³-hybridized carbons (Fsp3) is 0.323. The molecule has 4 aromatic rings. The van der Waals surface area contributed by atoms with Gasteiger partial charge in [-0.05, 0) is 48.1 Å². The number of fused-ring (bicyclic) bond motifs is 2. The number of carbonyl (C=O) groups is 2. The van der Waals surface area contributed by atoms with E-state index in [-0.39, 0.29) is 36.7 Å². The lowest BCUT2D eigenvalue weighted by Gasteiger charge is -2.33. The first-order valence-electron chi connectivity index (χ1n) is 14.7. The Labute approximate surface area is 253 Å². The third kappa shape index (κ3) is 5.97. The Morgan fingerprint density at radius 3 is 2.45 bits per heavy atom. The molecule has 2 fully saturated rings. The molecule has 2 aromatic carbocycles. The molecule has 0 saturated carbocycles. The minimum Gasteiger partial charge on any atom is -0.478 e. The quantitative estimate of drug-likeness (QED) is 0.192. The van der Waals surface area contributed by atoms with E-state index < -0.39 is 5.97 Å². The summed E-state index contributed by atoms with van der Waals surface area (Å²) in [6.45, 7) is 1.49. The number of carboxylic acid groups (broad SMARTS) is 1. The van der Waals surface area contributed by atoms with Crippen LogP contribution in [0.5, 0.6) is 5.88 Å². The summed E-state index contributed by atoms with van der Waals surface area (Å²) in [5.74, 6) is -0.141. The van der Waals surface area contributed by atoms with Gasteiger partial charge in [-0.15, -0.1) is 5.10 Å². The van der Waals surface area contributed by atoms with Crippen molar-refractivity contribution in [3.8, 4) is 17.0 Å². The highest BCUT2D eigenvalue weighted by molar-refractivity contribution is 5.87. The molecule has 3 aliphatic rings. The fourth-order valence-corrected chi connectivity index (χ4v) is 6.03. The van der Waals surface area contributed by atoms with E-state index in [1.54, 1.807) is 35.4 Å². The van der Waals surface area contributed by atoms with Crippen molar-refractivity contribution in [1.29, 1.82) is 0 Å². The van der Waals surface area contributed by atoms with Gasteiger partial charge in [0.25, 0.3) is 0 Å². The SMILES string of the molecule is O=C(O)c1ccc(COc2nn(CC(=O)N3CCC4NNNC4C3)cc2-c2cnc(NC3Cc4ccccc4C3)nc2)cc1. The van der Waals surface area contributed by atoms with Crippen LogP contribution in [0.2, 0.25) is 0 Å². The van der Waals surface area contributed by atoms with Crippen molar-refractivity contribution in [2.75, 3.05) is 18.4 Å². The van der Waals surface area contributed by atoms with Crippen LogP contribution >= 0.6 is 0 Å². The number of carbonyl (C=O) groups excluding carboxylic acids is 1. The van der Waals surface area contributed by atoms with Gasteiger partial charge in [0.15, 0.2) is 0 Å². The zero-order valence-electron chi connectivity index (χ0n) is 23.9. The van der Waals surface area contributed by atoms with E-state index >= 15 is 0 Å². The number of nitrogens with one attached hydrogen (secondary N) is 4. The van der Waals surface area contributed by atoms with Gasteiger partial charge in [-0.3, -0.25) is 9.48 Å². The summed E-state index contributed by atoms with van der Waals surface area (Å²) in [6, 6.07) is 15.6. The molecule has 0 spiro atoms. The third-order valence-corrected chi connectivity index (χ3v) is 8.43. The van der Waals surface area contributed by atoms with Crippen LogP contribution in [0, 0.1) is 0 Å². The number of nitrogens with zero attached hydrogens (tertiary/aromatic N) is 5. The number of aromatic nitrogens is 4. The average Bonchev–Trinajstić information content (AvgIpc) is 3.78. The number of hydrogen-bond acceptors (Lipinski definition) is 10. The Morgan fingerprint density at radius 1 is 1.00 bits per heavy atom. The Hall–Kier alpha value is -4.85. The minimum atomic E-state index is -0.987. The van der Waals surface area contributed by atoms with Gasteiger partial charge in [0.1, 0.15) is 13.2 Å². The number of hydrazine groups is 2. The van der Waals surface area contributed by atoms with Gasteiger partial charge in [0.05, 0.1) is 17.2 Å². The first-order valence-corrected chi connectivity index (χ1v) is 14.7. The van der Waals surface area contributed by atoms with E-state index in [1.807, 2.05) is 4.90 Å². The standard InChI is InChI=1S/C31H33N9O4/c41-28(39-10-9-26-27(16-39)36-38-35-26)17-40-15-25(29(37-40)44-18-19-5-7-20(8-6-19)30(42)43)23-13-32-31(33-14-23)34-24-11-21-3-1-2-4-22(21)12-24/h1-8,13-15,24,26-27,35-36,38H,9-12,16-18H2,(H,42,43)(H,32,33,34). The number of ether oxygens (including phenoxy) is 1. The van der Waals surface area contributed by atoms with Crippen molar-refractivity contribution < 1.29 is 19.4 Å². The summed E-state index contributed by atoms with van der Waals surface area (Å²) < 4.78 is 7.70. The number of rotatable bonds is 9. The summed E-state index contributed by atoms with van der Waals surface area (Å²) in [5, 5.41) is 17.3. The molecule has 1 aliphatic carbocycles. The molecule has 0 bridgehead atoms. The minimum absolute atomic E-state index is 0.0321. The molecule has 4 heterocycles. The summed E-state index contributed by atoms with van der Waals surface area (Å²) in [7, 11) is 0. The van der Waals surface area contributed by atoms with Crippen LogP contribution in [0.25, 0.3) is 11.1 Å². The second-order valence-corrected chi connectivity index (χ2v) is 11.4. The maximum absolute atomic E-state index is 13.2. The lowest BCUT2D eigenvalue weighted by Crippen LogP contribution is -2.53. The van der Waals surface area contributed by atoms with Gasteiger partial charge in [-0.25, -0.2) is 25.6 Å². The summed E-state index contributed by atoms with van der Waals surface area (Å²) in [4.78, 5) is 35.5. The summed E-state index contributed by atoms with van der Waals surface area (Å²) in [5.41, 5.74) is 14.3. The average molecular weight is 596 g/mol. The normalized spacial score (nSPS) is 19.4. The molecule has 7 rings (SSSR count). The second-order valence-electron chi connectivity index (χ2n) is 11.4. The molecule has 2 aliphatic heterocycles. The first kappa shape index (κ1) is 28.0. The van der Waals surface area contributed by atoms with Crippen LogP contribution in [0.15, 0.2) is 67.1 Å². The van der Waals surface area contributed by atoms with Crippen LogP contribution in [-0.4, -0.2) is 72.8 Å². The monoisotopic (exact) mass is 595 g/mol. The Morgan fingerprint density at radius 2 is 1.73 bits per heavy atom. The van der Waals surface area contributed by atoms with Gasteiger partial charge >= 0.3 is 5.97 Å². The van der Waals surface area contributed by atoms with Crippen molar-refractivity contribution in [2.24, 2.45) is 0 Å². The Balaban J connectivity index is 1.07. The highest BCUT2D eigenvalue weighted by Crippen LogP contribution is 2.30. The van der Waals surface area contributed by atoms with Crippen LogP contribution in [0.4, 0.5) is 5.95 Å². The molecule has 2 unspecified atom stereocenters. The Kier molecular flexibility index (Phi) is 7.64. The molecule has 2 aromatic heterocycles. The number of piperidine rings is 1. The molecule has 2 saturated heterocycles. The third-order valence-electron chi connectivity index (χ3n) is 8.43. The number of carboxylic acids is 1. The highest BCUT2D eigenvalue weighted by atomic mass is 16.5. The molecule has 5 N–H and O–H groups in total. The lowest BCUT2D eigenvalue weighted by molar-refractivity contribution is -0.133. The lowest BCUT2D eigenvalue weighted by atomic mass is 10.0. The fourth-order valence-electron chi connectivity index (χ4n) is 6.03. The first-order chi connectivity index (χ1) is 21.5. The van der Waals surface area contributed by atoms with Gasteiger partial charge < -0.3 is 20.1 Å². The largest absolute Gasteiger partial charge is 0.478 e. The topological polar surface area (TPSA) is 159 Å². The number of anilines is 1. The second kappa shape index (κ2) is 12.0. The molecule has 13 heteroatoms. The van der Waals surface area contributed by atoms with E-state index in [2.05, 4.69) is 61.0 Å². The van der Waals surface area contributed by atoms with Crippen molar-refractivity contribution in [2.45, 2.75) is 50.5 Å². The Bertz CT molecular complexity index is 1630.